The average Bonchev–Trinajstić information content (AvgIpc) is 3.50. The molecule has 1 amide bonds. The summed E-state index contributed by atoms with van der Waals surface area (Å²) in [6, 6.07) is 8.86. The van der Waals surface area contributed by atoms with Crippen LogP contribution in [0.4, 0.5) is 23.7 Å². The molecule has 0 bridgehead atoms. The molecule has 198 valence electrons. The van der Waals surface area contributed by atoms with Crippen LogP contribution in [0.25, 0.3) is 5.69 Å². The summed E-state index contributed by atoms with van der Waals surface area (Å²) in [5, 5.41) is 0. The number of rotatable bonds is 5. The second kappa shape index (κ2) is 9.51. The van der Waals surface area contributed by atoms with Gasteiger partial charge in [0.2, 0.25) is 0 Å². The topological polar surface area (TPSA) is 99.8 Å². The van der Waals surface area contributed by atoms with Crippen molar-refractivity contribution in [2.24, 2.45) is 0 Å². The minimum atomic E-state index is -4.60. The number of carbonyl (C=O) groups is 2. The van der Waals surface area contributed by atoms with Crippen molar-refractivity contribution in [3.05, 3.63) is 91.8 Å². The number of hydrogen-bond donors (Lipinski definition) is 0. The van der Waals surface area contributed by atoms with Crippen LogP contribution in [0.2, 0.25) is 0 Å². The van der Waals surface area contributed by atoms with Gasteiger partial charge >= 0.3 is 23.9 Å². The summed E-state index contributed by atoms with van der Waals surface area (Å²) in [5.74, 6) is -0.960. The molecule has 1 atom stereocenters. The van der Waals surface area contributed by atoms with E-state index in [2.05, 4.69) is 0 Å². The predicted octanol–water partition coefficient (Wildman–Crippen LogP) is 3.69. The summed E-state index contributed by atoms with van der Waals surface area (Å²) in [6.45, 7) is 2.13. The van der Waals surface area contributed by atoms with E-state index >= 15 is 0 Å². The lowest BCUT2D eigenvalue weighted by molar-refractivity contribution is -0.138. The van der Waals surface area contributed by atoms with Crippen LogP contribution in [-0.4, -0.2) is 41.0 Å². The summed E-state index contributed by atoms with van der Waals surface area (Å²) < 4.78 is 52.7. The van der Waals surface area contributed by atoms with Crippen molar-refractivity contribution in [2.75, 3.05) is 24.7 Å². The van der Waals surface area contributed by atoms with Gasteiger partial charge in [-0.15, -0.1) is 0 Å². The fraction of sp³-hybridized carbons (Fsp3) is 0.308. The number of amides is 1. The van der Waals surface area contributed by atoms with E-state index < -0.39 is 46.7 Å². The quantitative estimate of drug-likeness (QED) is 0.468. The molecule has 1 aromatic heterocycles. The zero-order valence-corrected chi connectivity index (χ0v) is 20.2. The Kier molecular flexibility index (Phi) is 6.33. The van der Waals surface area contributed by atoms with Gasteiger partial charge in [0.05, 0.1) is 30.4 Å². The Balaban J connectivity index is 1.66. The van der Waals surface area contributed by atoms with Crippen molar-refractivity contribution in [1.82, 2.24) is 9.13 Å². The summed E-state index contributed by atoms with van der Waals surface area (Å²) in [5.41, 5.74) is -2.01. The highest BCUT2D eigenvalue weighted by atomic mass is 19.4. The Labute approximate surface area is 213 Å². The molecule has 1 aliphatic heterocycles. The lowest BCUT2D eigenvalue weighted by Crippen LogP contribution is -2.44. The van der Waals surface area contributed by atoms with Crippen molar-refractivity contribution in [3.8, 4) is 5.69 Å². The van der Waals surface area contributed by atoms with Gasteiger partial charge in [-0.25, -0.2) is 14.4 Å². The maximum atomic E-state index is 13.7. The molecule has 0 saturated carbocycles. The Morgan fingerprint density at radius 2 is 1.79 bits per heavy atom. The van der Waals surface area contributed by atoms with E-state index in [0.29, 0.717) is 12.2 Å². The van der Waals surface area contributed by atoms with Gasteiger partial charge in [0.1, 0.15) is 12.2 Å². The monoisotopic (exact) mass is 529 g/mol. The van der Waals surface area contributed by atoms with E-state index in [1.165, 1.54) is 29.2 Å². The Morgan fingerprint density at radius 1 is 1.08 bits per heavy atom. The summed E-state index contributed by atoms with van der Waals surface area (Å²) >= 11 is 0. The molecule has 2 heterocycles. The van der Waals surface area contributed by atoms with Crippen molar-refractivity contribution >= 4 is 17.7 Å². The Morgan fingerprint density at radius 3 is 2.42 bits per heavy atom. The third-order valence-electron chi connectivity index (χ3n) is 6.67. The van der Waals surface area contributed by atoms with Crippen molar-refractivity contribution < 1.29 is 32.2 Å². The van der Waals surface area contributed by atoms with Crippen molar-refractivity contribution in [2.45, 2.75) is 32.0 Å². The average molecular weight is 529 g/mol. The molecule has 1 fully saturated rings. The van der Waals surface area contributed by atoms with Gasteiger partial charge in [-0.05, 0) is 61.2 Å². The molecule has 0 radical (unpaired) electrons. The maximum Gasteiger partial charge on any atom is 0.416 e. The van der Waals surface area contributed by atoms with Crippen LogP contribution in [0.3, 0.4) is 0 Å². The third kappa shape index (κ3) is 4.25. The van der Waals surface area contributed by atoms with E-state index in [4.69, 9.17) is 9.47 Å². The van der Waals surface area contributed by atoms with Crippen LogP contribution in [-0.2, 0) is 22.1 Å². The van der Waals surface area contributed by atoms with Gasteiger partial charge in [-0.2, -0.15) is 13.2 Å². The second-order valence-corrected chi connectivity index (χ2v) is 8.80. The fourth-order valence-electron chi connectivity index (χ4n) is 4.97. The minimum Gasteiger partial charge on any atom is -0.462 e. The van der Waals surface area contributed by atoms with Crippen molar-refractivity contribution in [1.29, 1.82) is 0 Å². The van der Waals surface area contributed by atoms with Gasteiger partial charge in [-0.1, -0.05) is 12.1 Å². The van der Waals surface area contributed by atoms with Crippen LogP contribution in [0.1, 0.15) is 46.4 Å². The second-order valence-electron chi connectivity index (χ2n) is 8.80. The minimum absolute atomic E-state index is 0.00578. The van der Waals surface area contributed by atoms with Gasteiger partial charge < -0.3 is 9.47 Å². The number of esters is 1. The molecule has 9 nitrogen and oxygen atoms in total. The van der Waals surface area contributed by atoms with Crippen LogP contribution >= 0.6 is 0 Å². The van der Waals surface area contributed by atoms with Gasteiger partial charge in [0, 0.05) is 11.9 Å². The van der Waals surface area contributed by atoms with E-state index in [1.54, 1.807) is 19.1 Å². The first-order valence-electron chi connectivity index (χ1n) is 11.9. The molecule has 0 N–H and O–H groups in total. The normalized spacial score (nSPS) is 16.9. The fourth-order valence-corrected chi connectivity index (χ4v) is 4.97. The lowest BCUT2D eigenvalue weighted by Gasteiger charge is -2.19. The summed E-state index contributed by atoms with van der Waals surface area (Å²) in [7, 11) is 0. The molecule has 3 aromatic rings. The lowest BCUT2D eigenvalue weighted by atomic mass is 10.0. The van der Waals surface area contributed by atoms with Gasteiger partial charge in [0.15, 0.2) is 0 Å². The van der Waals surface area contributed by atoms with Crippen LogP contribution in [0.15, 0.2) is 58.3 Å². The first-order chi connectivity index (χ1) is 18.1. The van der Waals surface area contributed by atoms with E-state index in [9.17, 15) is 32.3 Å². The first-order valence-corrected chi connectivity index (χ1v) is 11.9. The van der Waals surface area contributed by atoms with E-state index in [-0.39, 0.29) is 42.9 Å². The number of nitrogens with zero attached hydrogens (tertiary/aromatic N) is 3. The largest absolute Gasteiger partial charge is 0.462 e. The van der Waals surface area contributed by atoms with Crippen molar-refractivity contribution in [3.63, 3.8) is 0 Å². The molecular weight excluding hydrogens is 507 g/mol. The highest BCUT2D eigenvalue weighted by molar-refractivity contribution is 5.89. The SMILES string of the molecule is CCOC(=O)c1cn(-c2ccc(N3CCOC3=O)cc2)c(=O)n(C2CCc3c2cccc3C(F)(F)F)c1=O. The molecule has 0 spiro atoms. The smallest absolute Gasteiger partial charge is 0.416 e. The maximum absolute atomic E-state index is 13.7. The Hall–Kier alpha value is -4.35. The summed E-state index contributed by atoms with van der Waals surface area (Å²) in [6.07, 6.45) is -3.96. The van der Waals surface area contributed by atoms with Crippen LogP contribution < -0.4 is 16.1 Å². The van der Waals surface area contributed by atoms with E-state index in [0.717, 1.165) is 21.4 Å². The van der Waals surface area contributed by atoms with Crippen LogP contribution in [0.5, 0.6) is 0 Å². The number of aromatic nitrogens is 2. The molecule has 1 aliphatic carbocycles. The number of alkyl halides is 3. The molecule has 5 rings (SSSR count). The number of benzene rings is 2. The highest BCUT2D eigenvalue weighted by Gasteiger charge is 2.38. The number of halogens is 3. The van der Waals surface area contributed by atoms with Gasteiger partial charge in [0.25, 0.3) is 5.56 Å². The molecule has 1 unspecified atom stereocenters. The molecule has 2 aromatic carbocycles. The standard InChI is InChI=1S/C26H22F3N3O6/c1-2-37-23(34)19-14-31(16-8-6-15(7-9-16)30-12-13-38-25(30)36)24(35)32(22(19)33)21-11-10-17-18(21)4-3-5-20(17)26(27,28)29/h3-9,14,21H,2,10-13H2,1H3. The molecule has 2 aliphatic rings. The molecular formula is C26H22F3N3O6. The number of ether oxygens (including phenoxy) is 2. The number of fused-ring (bicyclic) bond motifs is 1. The zero-order valence-electron chi connectivity index (χ0n) is 20.2. The van der Waals surface area contributed by atoms with Crippen LogP contribution in [0, 0.1) is 0 Å². The Bertz CT molecular complexity index is 1540. The predicted molar refractivity (Wildman–Crippen MR) is 129 cm³/mol. The number of carbonyl (C=O) groups excluding carboxylic acids is 2. The molecule has 12 heteroatoms. The number of cyclic esters (lactones) is 1. The molecule has 38 heavy (non-hydrogen) atoms. The summed E-state index contributed by atoms with van der Waals surface area (Å²) in [4.78, 5) is 53.0. The highest BCUT2D eigenvalue weighted by Crippen LogP contribution is 2.41. The van der Waals surface area contributed by atoms with E-state index in [1.807, 2.05) is 0 Å². The number of anilines is 1. The molecule has 1 saturated heterocycles. The zero-order chi connectivity index (χ0) is 27.2. The first kappa shape index (κ1) is 25.3. The number of hydrogen-bond acceptors (Lipinski definition) is 6. The van der Waals surface area contributed by atoms with Gasteiger partial charge in [-0.3, -0.25) is 18.8 Å². The third-order valence-corrected chi connectivity index (χ3v) is 6.67.